The number of ether oxygens (including phenoxy) is 2. The van der Waals surface area contributed by atoms with E-state index in [4.69, 9.17) is 14.5 Å². The predicted molar refractivity (Wildman–Crippen MR) is 108 cm³/mol. The number of rotatable bonds is 2. The fraction of sp³-hybridized carbons (Fsp3) is 0.130. The normalized spacial score (nSPS) is 13.7. The lowest BCUT2D eigenvalue weighted by atomic mass is 10.1. The lowest BCUT2D eigenvalue weighted by Gasteiger charge is -2.21. The molecule has 0 bridgehead atoms. The maximum absolute atomic E-state index is 14.3. The molecule has 6 rings (SSSR count). The van der Waals surface area contributed by atoms with Gasteiger partial charge < -0.3 is 14.0 Å². The van der Waals surface area contributed by atoms with Gasteiger partial charge in [0.05, 0.1) is 29.7 Å². The molecule has 1 aliphatic heterocycles. The Kier molecular flexibility index (Phi) is 3.73. The molecule has 0 radical (unpaired) electrons. The van der Waals surface area contributed by atoms with Crippen molar-refractivity contribution < 1.29 is 18.3 Å². The van der Waals surface area contributed by atoms with Gasteiger partial charge in [-0.1, -0.05) is 18.2 Å². The predicted octanol–water partition coefficient (Wildman–Crippen LogP) is 4.93. The molecule has 3 heterocycles. The summed E-state index contributed by atoms with van der Waals surface area (Å²) in [5.41, 5.74) is 4.72. The highest BCUT2D eigenvalue weighted by Gasteiger charge is 2.20. The molecule has 5 aromatic rings. The van der Waals surface area contributed by atoms with Crippen LogP contribution in [-0.4, -0.2) is 21.3 Å². The van der Waals surface area contributed by atoms with E-state index < -0.39 is 0 Å². The third-order valence-corrected chi connectivity index (χ3v) is 5.39. The van der Waals surface area contributed by atoms with Crippen LogP contribution >= 0.6 is 0 Å². The Bertz CT molecular complexity index is 1460. The summed E-state index contributed by atoms with van der Waals surface area (Å²) in [5, 5.41) is 0.903. The Labute approximate surface area is 169 Å². The topological polar surface area (TPSA) is 49.2 Å². The number of benzene rings is 3. The second-order valence-electron chi connectivity index (χ2n) is 7.30. The molecule has 3 aromatic carbocycles. The third kappa shape index (κ3) is 2.63. The van der Waals surface area contributed by atoms with Crippen molar-refractivity contribution in [3.05, 3.63) is 77.4 Å². The number of halogens is 2. The van der Waals surface area contributed by atoms with Crippen LogP contribution in [0.25, 0.3) is 33.1 Å². The number of nitrogens with zero attached hydrogens (tertiary/aromatic N) is 3. The van der Waals surface area contributed by atoms with Crippen molar-refractivity contribution in [1.82, 2.24) is 14.5 Å². The molecule has 2 aromatic heterocycles. The first-order valence-corrected chi connectivity index (χ1v) is 9.53. The second-order valence-corrected chi connectivity index (χ2v) is 7.30. The van der Waals surface area contributed by atoms with Gasteiger partial charge in [0.2, 0.25) is 0 Å². The minimum Gasteiger partial charge on any atom is -0.467 e. The molecule has 0 spiro atoms. The largest absolute Gasteiger partial charge is 0.467 e. The van der Waals surface area contributed by atoms with Crippen LogP contribution in [-0.2, 0) is 17.9 Å². The van der Waals surface area contributed by atoms with Crippen LogP contribution in [0.5, 0.6) is 5.75 Å². The zero-order chi connectivity index (χ0) is 20.2. The molecule has 1 aliphatic rings. The van der Waals surface area contributed by atoms with Gasteiger partial charge in [0.15, 0.2) is 12.4 Å². The SMILES string of the molecule is Fc1cc2c(c(Cn3c4ccccc4c4nc5cc(F)ccc5nc43)c1)OCOC2. The lowest BCUT2D eigenvalue weighted by Crippen LogP contribution is -2.15. The zero-order valence-electron chi connectivity index (χ0n) is 15.7. The van der Waals surface area contributed by atoms with Crippen LogP contribution in [0.2, 0.25) is 0 Å². The van der Waals surface area contributed by atoms with Crippen LogP contribution in [0.1, 0.15) is 11.1 Å². The Balaban J connectivity index is 1.63. The van der Waals surface area contributed by atoms with E-state index >= 15 is 0 Å². The highest BCUT2D eigenvalue weighted by atomic mass is 19.1. The van der Waals surface area contributed by atoms with Gasteiger partial charge in [-0.25, -0.2) is 18.7 Å². The highest BCUT2D eigenvalue weighted by molar-refractivity contribution is 6.06. The molecule has 0 atom stereocenters. The molecule has 0 aliphatic carbocycles. The lowest BCUT2D eigenvalue weighted by molar-refractivity contribution is -0.0173. The van der Waals surface area contributed by atoms with Gasteiger partial charge in [-0.05, 0) is 30.3 Å². The van der Waals surface area contributed by atoms with Gasteiger partial charge >= 0.3 is 0 Å². The van der Waals surface area contributed by atoms with Crippen LogP contribution in [0.4, 0.5) is 8.78 Å². The van der Waals surface area contributed by atoms with Crippen molar-refractivity contribution in [2.75, 3.05) is 6.79 Å². The fourth-order valence-corrected chi connectivity index (χ4v) is 4.11. The van der Waals surface area contributed by atoms with Crippen LogP contribution in [0.15, 0.2) is 54.6 Å². The van der Waals surface area contributed by atoms with Crippen molar-refractivity contribution in [3.8, 4) is 5.75 Å². The maximum Gasteiger partial charge on any atom is 0.189 e. The molecule has 0 saturated heterocycles. The molecule has 0 N–H and O–H groups in total. The van der Waals surface area contributed by atoms with Crippen molar-refractivity contribution in [2.24, 2.45) is 0 Å². The van der Waals surface area contributed by atoms with Crippen LogP contribution in [0, 0.1) is 11.6 Å². The van der Waals surface area contributed by atoms with Crippen LogP contribution < -0.4 is 4.74 Å². The molecule has 7 heteroatoms. The quantitative estimate of drug-likeness (QED) is 0.419. The fourth-order valence-electron chi connectivity index (χ4n) is 4.11. The molecule has 0 saturated carbocycles. The van der Waals surface area contributed by atoms with E-state index in [0.29, 0.717) is 52.2 Å². The van der Waals surface area contributed by atoms with Gasteiger partial charge in [0, 0.05) is 22.6 Å². The minimum atomic E-state index is -0.356. The molecular weight excluding hydrogens is 388 g/mol. The summed E-state index contributed by atoms with van der Waals surface area (Å²) in [4.78, 5) is 9.45. The maximum atomic E-state index is 14.3. The summed E-state index contributed by atoms with van der Waals surface area (Å²) in [6.45, 7) is 0.795. The summed E-state index contributed by atoms with van der Waals surface area (Å²) >= 11 is 0. The summed E-state index contributed by atoms with van der Waals surface area (Å²) < 4.78 is 41.0. The number of para-hydroxylation sites is 1. The standard InChI is InChI=1S/C23H15F2N3O2/c24-15-5-6-18-19(9-15)26-21-17-3-1-2-4-20(17)28(23(21)27-18)10-13-7-16(25)8-14-11-29-12-30-22(13)14/h1-9H,10-12H2. The second kappa shape index (κ2) is 6.47. The van der Waals surface area contributed by atoms with E-state index in [1.165, 1.54) is 24.3 Å². The van der Waals surface area contributed by atoms with E-state index in [1.54, 1.807) is 6.07 Å². The Morgan fingerprint density at radius 3 is 2.77 bits per heavy atom. The van der Waals surface area contributed by atoms with Crippen LogP contribution in [0.3, 0.4) is 0 Å². The van der Waals surface area contributed by atoms with Crippen molar-refractivity contribution in [2.45, 2.75) is 13.2 Å². The molecule has 148 valence electrons. The Morgan fingerprint density at radius 1 is 0.933 bits per heavy atom. The zero-order valence-corrected chi connectivity index (χ0v) is 15.7. The van der Waals surface area contributed by atoms with E-state index in [1.807, 2.05) is 28.8 Å². The van der Waals surface area contributed by atoms with Crippen molar-refractivity contribution >= 4 is 33.1 Å². The minimum absolute atomic E-state index is 0.134. The Morgan fingerprint density at radius 2 is 1.83 bits per heavy atom. The number of aromatic nitrogens is 3. The van der Waals surface area contributed by atoms with E-state index in [0.717, 1.165) is 10.9 Å². The van der Waals surface area contributed by atoms with E-state index in [9.17, 15) is 8.78 Å². The van der Waals surface area contributed by atoms with Gasteiger partial charge in [-0.3, -0.25) is 0 Å². The molecule has 5 nitrogen and oxygen atoms in total. The molecule has 0 unspecified atom stereocenters. The van der Waals surface area contributed by atoms with Gasteiger partial charge in [-0.15, -0.1) is 0 Å². The summed E-state index contributed by atoms with van der Waals surface area (Å²) in [6, 6.07) is 15.1. The summed E-state index contributed by atoms with van der Waals surface area (Å²) in [6.07, 6.45) is 0. The third-order valence-electron chi connectivity index (χ3n) is 5.39. The molecular formula is C23H15F2N3O2. The number of hydrogen-bond acceptors (Lipinski definition) is 4. The van der Waals surface area contributed by atoms with Crippen molar-refractivity contribution in [1.29, 1.82) is 0 Å². The molecule has 0 fully saturated rings. The monoisotopic (exact) mass is 403 g/mol. The summed E-state index contributed by atoms with van der Waals surface area (Å²) in [7, 11) is 0. The van der Waals surface area contributed by atoms with E-state index in [-0.39, 0.29) is 18.4 Å². The first-order valence-electron chi connectivity index (χ1n) is 9.53. The van der Waals surface area contributed by atoms with E-state index in [2.05, 4.69) is 4.98 Å². The molecule has 0 amide bonds. The van der Waals surface area contributed by atoms with Gasteiger partial charge in [-0.2, -0.15) is 0 Å². The first-order chi connectivity index (χ1) is 14.7. The molecule has 30 heavy (non-hydrogen) atoms. The smallest absolute Gasteiger partial charge is 0.189 e. The van der Waals surface area contributed by atoms with Gasteiger partial charge in [0.1, 0.15) is 22.9 Å². The first kappa shape index (κ1) is 17.3. The average molecular weight is 403 g/mol. The van der Waals surface area contributed by atoms with Gasteiger partial charge in [0.25, 0.3) is 0 Å². The summed E-state index contributed by atoms with van der Waals surface area (Å²) in [5.74, 6) is -0.0549. The number of fused-ring (bicyclic) bond motifs is 5. The van der Waals surface area contributed by atoms with Crippen molar-refractivity contribution in [3.63, 3.8) is 0 Å². The highest BCUT2D eigenvalue weighted by Crippen LogP contribution is 2.33. The average Bonchev–Trinajstić information content (AvgIpc) is 3.05. The number of hydrogen-bond donors (Lipinski definition) is 0. The Hall–Kier alpha value is -3.58.